The number of rotatable bonds is 5. The monoisotopic (exact) mass is 401 g/mol. The molecule has 2 aromatic rings. The van der Waals surface area contributed by atoms with Crippen molar-refractivity contribution in [2.24, 2.45) is 9.98 Å². The van der Waals surface area contributed by atoms with Gasteiger partial charge in [-0.15, -0.1) is 0 Å². The van der Waals surface area contributed by atoms with Crippen LogP contribution in [0, 0.1) is 0 Å². The number of aromatic nitrogens is 2. The van der Waals surface area contributed by atoms with Gasteiger partial charge in [0, 0.05) is 36.0 Å². The van der Waals surface area contributed by atoms with Gasteiger partial charge in [0.1, 0.15) is 5.75 Å². The molecule has 4 rings (SSSR count). The number of benzene rings is 1. The van der Waals surface area contributed by atoms with Crippen LogP contribution in [-0.4, -0.2) is 65.1 Å². The topological polar surface area (TPSA) is 88.9 Å². The third-order valence-corrected chi connectivity index (χ3v) is 5.68. The van der Waals surface area contributed by atoms with Gasteiger partial charge >= 0.3 is 0 Å². The fourth-order valence-corrected chi connectivity index (χ4v) is 3.85. The number of H-pyrrole nitrogens is 1. The van der Waals surface area contributed by atoms with Gasteiger partial charge < -0.3 is 15.3 Å². The number of aromatic hydroxyl groups is 1. The molecule has 0 amide bonds. The number of phenols is 1. The highest BCUT2D eigenvalue weighted by molar-refractivity contribution is 6.81. The first-order valence-corrected chi connectivity index (χ1v) is 10.2. The van der Waals surface area contributed by atoms with Crippen LogP contribution in [0.4, 0.5) is 0 Å². The summed E-state index contributed by atoms with van der Waals surface area (Å²) >= 11 is 0. The molecule has 3 N–H and O–H groups in total. The van der Waals surface area contributed by atoms with Crippen LogP contribution < -0.4 is 5.32 Å². The van der Waals surface area contributed by atoms with Crippen molar-refractivity contribution in [1.82, 2.24) is 20.4 Å². The maximum Gasteiger partial charge on any atom is 0.268 e. The third kappa shape index (κ3) is 4.09. The van der Waals surface area contributed by atoms with Crippen molar-refractivity contribution in [1.29, 1.82) is 0 Å². The van der Waals surface area contributed by atoms with E-state index in [2.05, 4.69) is 34.0 Å². The number of phenolic OH excluding ortho intramolecular Hbond substituents is 1. The minimum absolute atomic E-state index is 0.150. The minimum atomic E-state index is 0.150. The Hall–Kier alpha value is -3.13. The Bertz CT molecular complexity index is 1020. The number of nitrogens with one attached hydrogen (secondary N) is 2. The predicted octanol–water partition coefficient (Wildman–Crippen LogP) is 2.70. The molecule has 0 aliphatic carbocycles. The molecule has 1 radical (unpaired) electrons. The van der Waals surface area contributed by atoms with Crippen LogP contribution in [0.25, 0.3) is 11.1 Å². The maximum atomic E-state index is 10.6. The van der Waals surface area contributed by atoms with Crippen molar-refractivity contribution in [3.8, 4) is 16.9 Å². The lowest BCUT2D eigenvalue weighted by Crippen LogP contribution is -2.45. The van der Waals surface area contributed by atoms with Gasteiger partial charge in [0.05, 0.1) is 23.3 Å². The highest BCUT2D eigenvalue weighted by atomic mass is 16.3. The van der Waals surface area contributed by atoms with E-state index >= 15 is 0 Å². The number of amidine groups is 1. The van der Waals surface area contributed by atoms with Crippen LogP contribution in [0.1, 0.15) is 25.3 Å². The van der Waals surface area contributed by atoms with E-state index in [0.717, 1.165) is 54.1 Å². The molecule has 0 saturated carbocycles. The van der Waals surface area contributed by atoms with Crippen LogP contribution in [0.3, 0.4) is 0 Å². The van der Waals surface area contributed by atoms with E-state index in [0.29, 0.717) is 17.3 Å². The Balaban J connectivity index is 1.53. The molecule has 1 aromatic heterocycles. The van der Waals surface area contributed by atoms with Gasteiger partial charge in [-0.2, -0.15) is 5.10 Å². The molecule has 8 heteroatoms. The Labute approximate surface area is 177 Å². The van der Waals surface area contributed by atoms with Crippen LogP contribution >= 0.6 is 0 Å². The molecule has 153 valence electrons. The summed E-state index contributed by atoms with van der Waals surface area (Å²) in [4.78, 5) is 11.7. The number of aromatic amines is 1. The van der Waals surface area contributed by atoms with Crippen LogP contribution in [-0.2, 0) is 0 Å². The molecule has 1 fully saturated rings. The van der Waals surface area contributed by atoms with Crippen LogP contribution in [0.5, 0.6) is 5.75 Å². The summed E-state index contributed by atoms with van der Waals surface area (Å²) in [5.74, 6) is 0.150. The zero-order chi connectivity index (χ0) is 21.1. The molecule has 2 aliphatic heterocycles. The Morgan fingerprint density at radius 2 is 2.13 bits per heavy atom. The average molecular weight is 401 g/mol. The second kappa shape index (κ2) is 8.71. The second-order valence-corrected chi connectivity index (χ2v) is 7.60. The molecule has 2 aliphatic rings. The van der Waals surface area contributed by atoms with E-state index < -0.39 is 0 Å². The highest BCUT2D eigenvalue weighted by Gasteiger charge is 2.26. The fraction of sp³-hybridized carbons (Fsp3) is 0.318. The standard InChI is InChI=1S/C22H26BN6O/c1-4-19(18-6-5-15(11-20(18)30)16-12-25-26-13-16)28-21-14(2)27-22(23-21)29(3)17-7-9-24-10-8-17/h4-6,11-13,17,24,30H,1,7-10H2,2-3H3,(H,25,26)/b28-19+. The molecule has 1 saturated heterocycles. The van der Waals surface area contributed by atoms with Crippen molar-refractivity contribution >= 4 is 18.7 Å². The summed E-state index contributed by atoms with van der Waals surface area (Å²) in [6.07, 6.45) is 7.38. The van der Waals surface area contributed by atoms with E-state index in [9.17, 15) is 5.11 Å². The van der Waals surface area contributed by atoms with Crippen molar-refractivity contribution in [3.63, 3.8) is 0 Å². The molecule has 0 spiro atoms. The van der Waals surface area contributed by atoms with Crippen molar-refractivity contribution < 1.29 is 5.11 Å². The quantitative estimate of drug-likeness (QED) is 0.531. The molecule has 3 heterocycles. The molecule has 0 bridgehead atoms. The number of allylic oxidation sites excluding steroid dienone is 2. The molecule has 0 atom stereocenters. The molecule has 30 heavy (non-hydrogen) atoms. The summed E-state index contributed by atoms with van der Waals surface area (Å²) in [6.45, 7) is 7.93. The molecular weight excluding hydrogens is 375 g/mol. The Morgan fingerprint density at radius 1 is 1.33 bits per heavy atom. The summed E-state index contributed by atoms with van der Waals surface area (Å²) in [5.41, 5.74) is 5.62. The smallest absolute Gasteiger partial charge is 0.268 e. The van der Waals surface area contributed by atoms with E-state index in [1.807, 2.05) is 26.3 Å². The largest absolute Gasteiger partial charge is 0.507 e. The number of nitrogens with zero attached hydrogens (tertiary/aromatic N) is 4. The normalized spacial score (nSPS) is 17.7. The van der Waals surface area contributed by atoms with Gasteiger partial charge in [-0.3, -0.25) is 15.1 Å². The van der Waals surface area contributed by atoms with Gasteiger partial charge in [0.25, 0.3) is 7.28 Å². The van der Waals surface area contributed by atoms with Crippen LogP contribution in [0.2, 0.25) is 0 Å². The SMILES string of the molecule is C=C/C(=N\C1=C(C)N=C(N(C)C2CCNCC2)[B]1)c1ccc(-c2cn[nH]c2)cc1O. The summed E-state index contributed by atoms with van der Waals surface area (Å²) < 4.78 is 0. The van der Waals surface area contributed by atoms with E-state index in [1.165, 1.54) is 0 Å². The van der Waals surface area contributed by atoms with Gasteiger partial charge in [-0.25, -0.2) is 0 Å². The van der Waals surface area contributed by atoms with Crippen molar-refractivity contribution in [2.75, 3.05) is 20.1 Å². The third-order valence-electron chi connectivity index (χ3n) is 5.68. The number of aliphatic imine (C=N–C) groups is 2. The van der Waals surface area contributed by atoms with Gasteiger partial charge in [0.15, 0.2) is 0 Å². The van der Waals surface area contributed by atoms with Gasteiger partial charge in [-0.05, 0) is 56.6 Å². The number of piperidine rings is 1. The molecule has 0 unspecified atom stereocenters. The van der Waals surface area contributed by atoms with Gasteiger partial charge in [-0.1, -0.05) is 12.6 Å². The summed E-state index contributed by atoms with van der Waals surface area (Å²) in [7, 11) is 4.11. The summed E-state index contributed by atoms with van der Waals surface area (Å²) in [6, 6.07) is 5.99. The first-order valence-electron chi connectivity index (χ1n) is 10.2. The van der Waals surface area contributed by atoms with E-state index in [-0.39, 0.29) is 5.75 Å². The van der Waals surface area contributed by atoms with E-state index in [1.54, 1.807) is 24.5 Å². The second-order valence-electron chi connectivity index (χ2n) is 7.60. The highest BCUT2D eigenvalue weighted by Crippen LogP contribution is 2.28. The number of hydrogen-bond acceptors (Lipinski definition) is 6. The lowest BCUT2D eigenvalue weighted by molar-refractivity contribution is 0.292. The molecule has 1 aromatic carbocycles. The average Bonchev–Trinajstić information content (AvgIpc) is 3.43. The fourth-order valence-electron chi connectivity index (χ4n) is 3.85. The lowest BCUT2D eigenvalue weighted by Gasteiger charge is -2.33. The van der Waals surface area contributed by atoms with Crippen molar-refractivity contribution in [2.45, 2.75) is 25.8 Å². The van der Waals surface area contributed by atoms with E-state index in [4.69, 9.17) is 9.98 Å². The predicted molar refractivity (Wildman–Crippen MR) is 122 cm³/mol. The van der Waals surface area contributed by atoms with Crippen molar-refractivity contribution in [3.05, 3.63) is 60.1 Å². The minimum Gasteiger partial charge on any atom is -0.507 e. The van der Waals surface area contributed by atoms with Crippen LogP contribution in [0.15, 0.2) is 64.5 Å². The Kier molecular flexibility index (Phi) is 5.85. The zero-order valence-corrected chi connectivity index (χ0v) is 17.4. The molecule has 7 nitrogen and oxygen atoms in total. The zero-order valence-electron chi connectivity index (χ0n) is 17.4. The lowest BCUT2D eigenvalue weighted by atomic mass is 9.72. The van der Waals surface area contributed by atoms with Gasteiger partial charge in [0.2, 0.25) is 0 Å². The molecular formula is C22H26BN6O. The first kappa shape index (κ1) is 20.2. The first-order chi connectivity index (χ1) is 14.6. The maximum absolute atomic E-state index is 10.6. The number of hydrogen-bond donors (Lipinski definition) is 3. The summed E-state index contributed by atoms with van der Waals surface area (Å²) in [5, 5.41) is 20.8. The Morgan fingerprint density at radius 3 is 2.80 bits per heavy atom.